The lowest BCUT2D eigenvalue weighted by Gasteiger charge is -2.29. The van der Waals surface area contributed by atoms with Crippen molar-refractivity contribution in [2.75, 3.05) is 44.1 Å². The number of nitrogens with one attached hydrogen (secondary N) is 1. The number of hydrogen-bond acceptors (Lipinski definition) is 6. The highest BCUT2D eigenvalue weighted by Crippen LogP contribution is 2.34. The summed E-state index contributed by atoms with van der Waals surface area (Å²) in [7, 11) is -0.690. The molecule has 182 valence electrons. The van der Waals surface area contributed by atoms with Crippen LogP contribution in [-0.4, -0.2) is 58.4 Å². The van der Waals surface area contributed by atoms with E-state index >= 15 is 0 Å². The van der Waals surface area contributed by atoms with Gasteiger partial charge in [0.05, 0.1) is 17.1 Å². The molecule has 1 N–H and O–H groups in total. The minimum atomic E-state index is -3.58. The summed E-state index contributed by atoms with van der Waals surface area (Å²) in [6.45, 7) is 0.544. The Morgan fingerprint density at radius 1 is 1.06 bits per heavy atom. The first-order valence-corrected chi connectivity index (χ1v) is 12.3. The number of carbonyl (C=O) groups is 2. The highest BCUT2D eigenvalue weighted by Gasteiger charge is 2.26. The second-order valence-electron chi connectivity index (χ2n) is 7.94. The molecule has 10 heteroatoms. The van der Waals surface area contributed by atoms with Crippen molar-refractivity contribution in [2.45, 2.75) is 4.90 Å². The number of anilines is 2. The van der Waals surface area contributed by atoms with Gasteiger partial charge in [0, 0.05) is 31.4 Å². The zero-order valence-electron chi connectivity index (χ0n) is 19.3. The Morgan fingerprint density at radius 2 is 1.77 bits per heavy atom. The van der Waals surface area contributed by atoms with E-state index in [2.05, 4.69) is 5.32 Å². The molecule has 0 saturated heterocycles. The predicted octanol–water partition coefficient (Wildman–Crippen LogP) is 2.99. The summed E-state index contributed by atoms with van der Waals surface area (Å²) in [5, 5.41) is 2.77. The average molecular weight is 496 g/mol. The van der Waals surface area contributed by atoms with Gasteiger partial charge in [0.15, 0.2) is 6.61 Å². The average Bonchev–Trinajstić information content (AvgIpc) is 2.86. The van der Waals surface area contributed by atoms with Gasteiger partial charge in [-0.2, -0.15) is 0 Å². The van der Waals surface area contributed by atoms with Gasteiger partial charge < -0.3 is 19.7 Å². The maximum Gasteiger partial charge on any atom is 0.265 e. The van der Waals surface area contributed by atoms with Crippen LogP contribution in [0.15, 0.2) is 77.7 Å². The summed E-state index contributed by atoms with van der Waals surface area (Å²) in [4.78, 5) is 26.8. The molecule has 35 heavy (non-hydrogen) atoms. The summed E-state index contributed by atoms with van der Waals surface area (Å²) < 4.78 is 36.8. The van der Waals surface area contributed by atoms with Crippen LogP contribution in [0.4, 0.5) is 11.4 Å². The van der Waals surface area contributed by atoms with Crippen LogP contribution in [0, 0.1) is 0 Å². The lowest BCUT2D eigenvalue weighted by Crippen LogP contribution is -2.41. The zero-order chi connectivity index (χ0) is 25.0. The molecule has 1 aliphatic rings. The number of fused-ring (bicyclic) bond motifs is 1. The number of carbonyl (C=O) groups excluding carboxylic acids is 2. The second kappa shape index (κ2) is 10.2. The van der Waals surface area contributed by atoms with E-state index in [4.69, 9.17) is 9.47 Å². The van der Waals surface area contributed by atoms with Crippen molar-refractivity contribution in [3.8, 4) is 11.5 Å². The van der Waals surface area contributed by atoms with Gasteiger partial charge in [0.25, 0.3) is 11.8 Å². The fourth-order valence-electron chi connectivity index (χ4n) is 3.49. The summed E-state index contributed by atoms with van der Waals surface area (Å²) in [5.74, 6) is 0.603. The molecule has 0 aromatic heterocycles. The first-order valence-electron chi connectivity index (χ1n) is 10.8. The first kappa shape index (κ1) is 24.2. The molecular formula is C25H25N3O6S. The molecule has 9 nitrogen and oxygen atoms in total. The quantitative estimate of drug-likeness (QED) is 0.515. The normalized spacial score (nSPS) is 13.2. The van der Waals surface area contributed by atoms with Crippen molar-refractivity contribution >= 4 is 33.2 Å². The van der Waals surface area contributed by atoms with Gasteiger partial charge in [-0.05, 0) is 48.5 Å². The predicted molar refractivity (Wildman–Crippen MR) is 131 cm³/mol. The van der Waals surface area contributed by atoms with Gasteiger partial charge in [-0.15, -0.1) is 0 Å². The van der Waals surface area contributed by atoms with Crippen LogP contribution in [-0.2, 0) is 14.8 Å². The van der Waals surface area contributed by atoms with Crippen LogP contribution >= 0.6 is 0 Å². The molecule has 1 heterocycles. The smallest absolute Gasteiger partial charge is 0.265 e. The van der Waals surface area contributed by atoms with Crippen molar-refractivity contribution in [3.63, 3.8) is 0 Å². The number of ether oxygens (including phenoxy) is 2. The van der Waals surface area contributed by atoms with E-state index in [0.29, 0.717) is 35.8 Å². The Balaban J connectivity index is 1.43. The molecule has 0 aliphatic carbocycles. The Bertz CT molecular complexity index is 1330. The summed E-state index contributed by atoms with van der Waals surface area (Å²) in [6, 6.07) is 20.1. The van der Waals surface area contributed by atoms with Gasteiger partial charge in [0.2, 0.25) is 10.0 Å². The van der Waals surface area contributed by atoms with Crippen molar-refractivity contribution in [1.29, 1.82) is 0 Å². The van der Waals surface area contributed by atoms with E-state index in [1.165, 1.54) is 38.4 Å². The van der Waals surface area contributed by atoms with Gasteiger partial charge in [0.1, 0.15) is 18.1 Å². The fourth-order valence-corrected chi connectivity index (χ4v) is 4.39. The second-order valence-corrected chi connectivity index (χ2v) is 10.1. The van der Waals surface area contributed by atoms with Gasteiger partial charge in [-0.1, -0.05) is 18.2 Å². The molecule has 3 aromatic carbocycles. The van der Waals surface area contributed by atoms with E-state index in [9.17, 15) is 18.0 Å². The SMILES string of the molecule is CN(C)S(=O)(=O)c1ccc(C(=O)Nc2ccc3c(c2)OCC(=O)N3CCOc2ccccc2)cc1. The summed E-state index contributed by atoms with van der Waals surface area (Å²) in [5.41, 5.74) is 1.37. The largest absolute Gasteiger partial charge is 0.492 e. The van der Waals surface area contributed by atoms with Crippen molar-refractivity contribution in [1.82, 2.24) is 4.31 Å². The van der Waals surface area contributed by atoms with E-state index in [1.807, 2.05) is 30.3 Å². The standard InChI is InChI=1S/C25H25N3O6S/c1-27(2)35(31,32)21-11-8-18(9-12-21)25(30)26-19-10-13-22-23(16-19)34-17-24(29)28(22)14-15-33-20-6-4-3-5-7-20/h3-13,16H,14-15,17H2,1-2H3,(H,26,30). The Hall–Kier alpha value is -3.89. The molecule has 0 atom stereocenters. The van der Waals surface area contributed by atoms with E-state index in [-0.39, 0.29) is 17.4 Å². The van der Waals surface area contributed by atoms with Crippen molar-refractivity contribution < 1.29 is 27.5 Å². The molecule has 0 bridgehead atoms. The third kappa shape index (κ3) is 5.44. The monoisotopic (exact) mass is 495 g/mol. The minimum absolute atomic E-state index is 0.0993. The molecule has 3 aromatic rings. The summed E-state index contributed by atoms with van der Waals surface area (Å²) >= 11 is 0. The zero-order valence-corrected chi connectivity index (χ0v) is 20.1. The van der Waals surface area contributed by atoms with E-state index < -0.39 is 15.9 Å². The van der Waals surface area contributed by atoms with Crippen LogP contribution in [0.1, 0.15) is 10.4 Å². The van der Waals surface area contributed by atoms with Crippen LogP contribution < -0.4 is 19.7 Å². The van der Waals surface area contributed by atoms with E-state index in [0.717, 1.165) is 10.1 Å². The topological polar surface area (TPSA) is 105 Å². The Labute approximate surface area is 203 Å². The highest BCUT2D eigenvalue weighted by molar-refractivity contribution is 7.89. The number of sulfonamides is 1. The molecule has 0 unspecified atom stereocenters. The van der Waals surface area contributed by atoms with Gasteiger partial charge in [-0.3, -0.25) is 9.59 Å². The minimum Gasteiger partial charge on any atom is -0.492 e. The molecule has 2 amide bonds. The molecule has 0 radical (unpaired) electrons. The van der Waals surface area contributed by atoms with Crippen LogP contribution in [0.5, 0.6) is 11.5 Å². The molecule has 0 saturated carbocycles. The number of amides is 2. The maximum absolute atomic E-state index is 12.7. The number of rotatable bonds is 8. The van der Waals surface area contributed by atoms with Crippen molar-refractivity contribution in [2.24, 2.45) is 0 Å². The Kier molecular flexibility index (Phi) is 7.04. The molecule has 0 spiro atoms. The molecule has 1 aliphatic heterocycles. The molecular weight excluding hydrogens is 470 g/mol. The van der Waals surface area contributed by atoms with Crippen molar-refractivity contribution in [3.05, 3.63) is 78.4 Å². The maximum atomic E-state index is 12.7. The molecule has 4 rings (SSSR count). The number of para-hydroxylation sites is 1. The third-order valence-electron chi connectivity index (χ3n) is 5.38. The number of benzene rings is 3. The third-order valence-corrected chi connectivity index (χ3v) is 7.21. The fraction of sp³-hybridized carbons (Fsp3) is 0.200. The molecule has 0 fully saturated rings. The summed E-state index contributed by atoms with van der Waals surface area (Å²) in [6.07, 6.45) is 0. The van der Waals surface area contributed by atoms with Gasteiger partial charge in [-0.25, -0.2) is 12.7 Å². The lowest BCUT2D eigenvalue weighted by atomic mass is 10.2. The van der Waals surface area contributed by atoms with Crippen LogP contribution in [0.25, 0.3) is 0 Å². The number of nitrogens with zero attached hydrogens (tertiary/aromatic N) is 2. The van der Waals surface area contributed by atoms with Gasteiger partial charge >= 0.3 is 0 Å². The van der Waals surface area contributed by atoms with Crippen LogP contribution in [0.3, 0.4) is 0 Å². The first-order chi connectivity index (χ1) is 16.8. The Morgan fingerprint density at radius 3 is 2.46 bits per heavy atom. The van der Waals surface area contributed by atoms with Crippen LogP contribution in [0.2, 0.25) is 0 Å². The van der Waals surface area contributed by atoms with E-state index in [1.54, 1.807) is 23.1 Å². The number of hydrogen-bond donors (Lipinski definition) is 1. The highest BCUT2D eigenvalue weighted by atomic mass is 32.2. The lowest BCUT2D eigenvalue weighted by molar-refractivity contribution is -0.121.